The zero-order chi connectivity index (χ0) is 11.8. The van der Waals surface area contributed by atoms with Crippen LogP contribution >= 0.6 is 0 Å². The molecule has 1 aliphatic heterocycles. The third-order valence-electron chi connectivity index (χ3n) is 3.25. The van der Waals surface area contributed by atoms with Gasteiger partial charge in [-0.3, -0.25) is 0 Å². The van der Waals surface area contributed by atoms with Crippen LogP contribution in [0.5, 0.6) is 0 Å². The second-order valence-corrected chi connectivity index (χ2v) is 4.53. The van der Waals surface area contributed by atoms with E-state index in [0.29, 0.717) is 5.56 Å². The van der Waals surface area contributed by atoms with Crippen molar-refractivity contribution in [1.82, 2.24) is 0 Å². The van der Waals surface area contributed by atoms with Crippen LogP contribution < -0.4 is 5.32 Å². The lowest BCUT2D eigenvalue weighted by molar-refractivity contribution is 0.631. The first-order valence-corrected chi connectivity index (χ1v) is 5.87. The zero-order valence-corrected chi connectivity index (χ0v) is 9.76. The van der Waals surface area contributed by atoms with Gasteiger partial charge < -0.3 is 5.32 Å². The van der Waals surface area contributed by atoms with Crippen molar-refractivity contribution in [3.8, 4) is 11.1 Å². The van der Waals surface area contributed by atoms with Crippen molar-refractivity contribution in [2.75, 3.05) is 11.9 Å². The first-order valence-electron chi connectivity index (χ1n) is 5.87. The van der Waals surface area contributed by atoms with Crippen molar-refractivity contribution >= 4 is 5.69 Å². The molecule has 0 atom stereocenters. The first kappa shape index (κ1) is 10.3. The number of hydrogen-bond acceptors (Lipinski definition) is 1. The van der Waals surface area contributed by atoms with Gasteiger partial charge >= 0.3 is 0 Å². The highest BCUT2D eigenvalue weighted by molar-refractivity contribution is 5.70. The average Bonchev–Trinajstić information content (AvgIpc) is 2.79. The molecular weight excluding hydrogens is 213 g/mol. The SMILES string of the molecule is Cc1ccc(F)c(-c2ccc3c(c2)CCN3)c1. The highest BCUT2D eigenvalue weighted by Crippen LogP contribution is 2.30. The topological polar surface area (TPSA) is 12.0 Å². The second kappa shape index (κ2) is 3.88. The number of anilines is 1. The number of hydrogen-bond donors (Lipinski definition) is 1. The summed E-state index contributed by atoms with van der Waals surface area (Å²) in [6.07, 6.45) is 1.02. The summed E-state index contributed by atoms with van der Waals surface area (Å²) in [7, 11) is 0. The van der Waals surface area contributed by atoms with Crippen molar-refractivity contribution in [3.05, 3.63) is 53.3 Å². The van der Waals surface area contributed by atoms with Crippen LogP contribution in [0.25, 0.3) is 11.1 Å². The van der Waals surface area contributed by atoms with Gasteiger partial charge in [0.25, 0.3) is 0 Å². The number of halogens is 1. The molecule has 1 heterocycles. The molecule has 1 aliphatic rings. The number of nitrogens with one attached hydrogen (secondary N) is 1. The molecule has 0 amide bonds. The Kier molecular flexibility index (Phi) is 2.36. The monoisotopic (exact) mass is 227 g/mol. The van der Waals surface area contributed by atoms with E-state index < -0.39 is 0 Å². The summed E-state index contributed by atoms with van der Waals surface area (Å²) in [5.74, 6) is -0.151. The van der Waals surface area contributed by atoms with Gasteiger partial charge in [0, 0.05) is 17.8 Å². The van der Waals surface area contributed by atoms with Gasteiger partial charge in [0.1, 0.15) is 5.82 Å². The molecule has 1 nitrogen and oxygen atoms in total. The van der Waals surface area contributed by atoms with Crippen LogP contribution in [0, 0.1) is 12.7 Å². The number of benzene rings is 2. The van der Waals surface area contributed by atoms with Crippen LogP contribution in [0.15, 0.2) is 36.4 Å². The summed E-state index contributed by atoms with van der Waals surface area (Å²) in [5, 5.41) is 3.31. The Morgan fingerprint density at radius 2 is 2.00 bits per heavy atom. The fourth-order valence-electron chi connectivity index (χ4n) is 2.33. The van der Waals surface area contributed by atoms with E-state index in [2.05, 4.69) is 11.4 Å². The Balaban J connectivity index is 2.12. The van der Waals surface area contributed by atoms with E-state index in [1.54, 1.807) is 6.07 Å². The van der Waals surface area contributed by atoms with E-state index >= 15 is 0 Å². The largest absolute Gasteiger partial charge is 0.384 e. The van der Waals surface area contributed by atoms with E-state index in [9.17, 15) is 4.39 Å². The van der Waals surface area contributed by atoms with Crippen LogP contribution in [0.2, 0.25) is 0 Å². The van der Waals surface area contributed by atoms with Crippen LogP contribution in [0.4, 0.5) is 10.1 Å². The molecule has 0 aliphatic carbocycles. The summed E-state index contributed by atoms with van der Waals surface area (Å²) < 4.78 is 13.8. The van der Waals surface area contributed by atoms with Crippen LogP contribution in [-0.2, 0) is 6.42 Å². The minimum absolute atomic E-state index is 0.151. The summed E-state index contributed by atoms with van der Waals surface area (Å²) in [5.41, 5.74) is 5.21. The number of aryl methyl sites for hydroxylation is 1. The molecular formula is C15H14FN. The molecule has 2 aromatic carbocycles. The van der Waals surface area contributed by atoms with Gasteiger partial charge in [-0.15, -0.1) is 0 Å². The highest BCUT2D eigenvalue weighted by atomic mass is 19.1. The third kappa shape index (κ3) is 1.80. The van der Waals surface area contributed by atoms with Crippen molar-refractivity contribution < 1.29 is 4.39 Å². The molecule has 0 unspecified atom stereocenters. The maximum Gasteiger partial charge on any atom is 0.131 e. The molecule has 0 aromatic heterocycles. The van der Waals surface area contributed by atoms with E-state index in [0.717, 1.165) is 24.1 Å². The summed E-state index contributed by atoms with van der Waals surface area (Å²) >= 11 is 0. The molecule has 0 saturated carbocycles. The molecule has 0 bridgehead atoms. The maximum absolute atomic E-state index is 13.8. The standard InChI is InChI=1S/C15H14FN/c1-10-2-4-14(16)13(8-10)11-3-5-15-12(9-11)6-7-17-15/h2-5,8-9,17H,6-7H2,1H3. The molecule has 3 rings (SSSR count). The van der Waals surface area contributed by atoms with E-state index in [-0.39, 0.29) is 5.82 Å². The van der Waals surface area contributed by atoms with Gasteiger partial charge in [0.15, 0.2) is 0 Å². The predicted molar refractivity (Wildman–Crippen MR) is 68.8 cm³/mol. The van der Waals surface area contributed by atoms with E-state index in [4.69, 9.17) is 0 Å². The molecule has 86 valence electrons. The van der Waals surface area contributed by atoms with Crippen molar-refractivity contribution in [2.45, 2.75) is 13.3 Å². The molecule has 0 radical (unpaired) electrons. The van der Waals surface area contributed by atoms with Gasteiger partial charge in [-0.2, -0.15) is 0 Å². The summed E-state index contributed by atoms with van der Waals surface area (Å²) in [6, 6.07) is 11.4. The maximum atomic E-state index is 13.8. The molecule has 2 heteroatoms. The van der Waals surface area contributed by atoms with Gasteiger partial charge in [-0.25, -0.2) is 4.39 Å². The Bertz CT molecular complexity index is 575. The van der Waals surface area contributed by atoms with Gasteiger partial charge in [0.05, 0.1) is 0 Å². The minimum atomic E-state index is -0.151. The van der Waals surface area contributed by atoms with Crippen molar-refractivity contribution in [2.24, 2.45) is 0 Å². The lowest BCUT2D eigenvalue weighted by Gasteiger charge is -2.07. The van der Waals surface area contributed by atoms with Crippen LogP contribution in [-0.4, -0.2) is 6.54 Å². The summed E-state index contributed by atoms with van der Waals surface area (Å²) in [4.78, 5) is 0. The Hall–Kier alpha value is -1.83. The third-order valence-corrected chi connectivity index (χ3v) is 3.25. The fourth-order valence-corrected chi connectivity index (χ4v) is 2.33. The normalized spacial score (nSPS) is 13.3. The van der Waals surface area contributed by atoms with E-state index in [1.807, 2.05) is 25.1 Å². The molecule has 1 N–H and O–H groups in total. The van der Waals surface area contributed by atoms with Crippen molar-refractivity contribution in [3.63, 3.8) is 0 Å². The zero-order valence-electron chi connectivity index (χ0n) is 9.76. The first-order chi connectivity index (χ1) is 8.24. The Morgan fingerprint density at radius 1 is 1.12 bits per heavy atom. The smallest absolute Gasteiger partial charge is 0.131 e. The van der Waals surface area contributed by atoms with Crippen LogP contribution in [0.3, 0.4) is 0 Å². The molecule has 17 heavy (non-hydrogen) atoms. The molecule has 0 fully saturated rings. The second-order valence-electron chi connectivity index (χ2n) is 4.53. The van der Waals surface area contributed by atoms with Gasteiger partial charge in [0.2, 0.25) is 0 Å². The lowest BCUT2D eigenvalue weighted by Crippen LogP contribution is -1.90. The molecule has 2 aromatic rings. The molecule has 0 saturated heterocycles. The Morgan fingerprint density at radius 3 is 2.88 bits per heavy atom. The fraction of sp³-hybridized carbons (Fsp3) is 0.200. The van der Waals surface area contributed by atoms with Crippen molar-refractivity contribution in [1.29, 1.82) is 0 Å². The minimum Gasteiger partial charge on any atom is -0.384 e. The van der Waals surface area contributed by atoms with Gasteiger partial charge in [-0.05, 0) is 48.7 Å². The highest BCUT2D eigenvalue weighted by Gasteiger charge is 2.12. The lowest BCUT2D eigenvalue weighted by atomic mass is 10.00. The van der Waals surface area contributed by atoms with Crippen LogP contribution in [0.1, 0.15) is 11.1 Å². The molecule has 0 spiro atoms. The van der Waals surface area contributed by atoms with Gasteiger partial charge in [-0.1, -0.05) is 17.7 Å². The predicted octanol–water partition coefficient (Wildman–Crippen LogP) is 3.77. The average molecular weight is 227 g/mol. The quantitative estimate of drug-likeness (QED) is 0.782. The Labute approximate surface area is 100 Å². The van der Waals surface area contributed by atoms with E-state index in [1.165, 1.54) is 17.3 Å². The number of fused-ring (bicyclic) bond motifs is 1. The summed E-state index contributed by atoms with van der Waals surface area (Å²) in [6.45, 7) is 2.97. The number of rotatable bonds is 1.